The Morgan fingerprint density at radius 3 is 2.90 bits per heavy atom. The highest BCUT2D eigenvalue weighted by Crippen LogP contribution is 2.04. The topological polar surface area (TPSA) is 114 Å². The predicted molar refractivity (Wildman–Crippen MR) is 68.9 cm³/mol. The Morgan fingerprint density at radius 2 is 2.25 bits per heavy atom. The fraction of sp³-hybridized carbons (Fsp3) is 0.273. The molecule has 3 N–H and O–H groups in total. The maximum atomic E-state index is 11.6. The zero-order valence-electron chi connectivity index (χ0n) is 10.8. The normalized spacial score (nSPS) is 10.2. The average molecular weight is 278 g/mol. The van der Waals surface area contributed by atoms with Crippen LogP contribution in [-0.2, 0) is 24.9 Å². The van der Waals surface area contributed by atoms with Crippen LogP contribution in [0, 0.1) is 0 Å². The summed E-state index contributed by atoms with van der Waals surface area (Å²) in [5, 5.41) is 17.6. The first-order valence-electron chi connectivity index (χ1n) is 5.80. The predicted octanol–water partition coefficient (Wildman–Crippen LogP) is 0.0229. The van der Waals surface area contributed by atoms with E-state index in [2.05, 4.69) is 20.7 Å². The third-order valence-electron chi connectivity index (χ3n) is 2.52. The van der Waals surface area contributed by atoms with Crippen molar-refractivity contribution in [1.82, 2.24) is 24.6 Å². The van der Waals surface area contributed by atoms with Gasteiger partial charge in [0.25, 0.3) is 0 Å². The molecule has 0 radical (unpaired) electrons. The summed E-state index contributed by atoms with van der Waals surface area (Å²) < 4.78 is 3.02. The van der Waals surface area contributed by atoms with E-state index in [-0.39, 0.29) is 6.54 Å². The van der Waals surface area contributed by atoms with Gasteiger partial charge in [0, 0.05) is 25.6 Å². The van der Waals surface area contributed by atoms with E-state index in [1.54, 1.807) is 17.0 Å². The highest BCUT2D eigenvalue weighted by atomic mass is 16.4. The first kappa shape index (κ1) is 13.6. The van der Waals surface area contributed by atoms with Gasteiger partial charge in [0.1, 0.15) is 12.4 Å². The van der Waals surface area contributed by atoms with Gasteiger partial charge < -0.3 is 20.3 Å². The van der Waals surface area contributed by atoms with E-state index in [1.165, 1.54) is 17.1 Å². The molecule has 0 saturated carbocycles. The molecule has 0 aliphatic carbocycles. The minimum atomic E-state index is -1.00. The smallest absolute Gasteiger partial charge is 0.325 e. The largest absolute Gasteiger partial charge is 0.480 e. The molecule has 9 heteroatoms. The third-order valence-corrected chi connectivity index (χ3v) is 2.52. The monoisotopic (exact) mass is 278 g/mol. The molecule has 2 aromatic rings. The lowest BCUT2D eigenvalue weighted by Gasteiger charge is -2.05. The van der Waals surface area contributed by atoms with Crippen LogP contribution < -0.4 is 10.6 Å². The Morgan fingerprint density at radius 1 is 1.45 bits per heavy atom. The summed E-state index contributed by atoms with van der Waals surface area (Å²) in [6.07, 6.45) is 6.24. The molecule has 0 aromatic carbocycles. The standard InChI is InChI=1S/C11H14N6O3/c1-16-3-2-12-9(16)5-13-11(20)15-8-4-14-17(6-8)7-10(18)19/h2-4,6H,5,7H2,1H3,(H,18,19)(H2,13,15,20). The molecule has 0 spiro atoms. The second-order valence-electron chi connectivity index (χ2n) is 4.08. The average Bonchev–Trinajstić information content (AvgIpc) is 2.96. The fourth-order valence-electron chi connectivity index (χ4n) is 1.55. The van der Waals surface area contributed by atoms with E-state index < -0.39 is 12.0 Å². The van der Waals surface area contributed by atoms with Crippen molar-refractivity contribution >= 4 is 17.7 Å². The van der Waals surface area contributed by atoms with Crippen molar-refractivity contribution < 1.29 is 14.7 Å². The second-order valence-corrected chi connectivity index (χ2v) is 4.08. The summed E-state index contributed by atoms with van der Waals surface area (Å²) in [4.78, 5) is 26.2. The van der Waals surface area contributed by atoms with Crippen molar-refractivity contribution in [1.29, 1.82) is 0 Å². The second kappa shape index (κ2) is 5.87. The van der Waals surface area contributed by atoms with Gasteiger partial charge >= 0.3 is 12.0 Å². The number of aromatic nitrogens is 4. The van der Waals surface area contributed by atoms with Crippen LogP contribution in [0.5, 0.6) is 0 Å². The molecule has 2 heterocycles. The van der Waals surface area contributed by atoms with Gasteiger partial charge in [0.15, 0.2) is 0 Å². The van der Waals surface area contributed by atoms with Crippen LogP contribution in [0.3, 0.4) is 0 Å². The van der Waals surface area contributed by atoms with E-state index in [4.69, 9.17) is 5.11 Å². The van der Waals surface area contributed by atoms with Gasteiger partial charge in [-0.1, -0.05) is 0 Å². The number of amides is 2. The first-order chi connectivity index (χ1) is 9.54. The quantitative estimate of drug-likeness (QED) is 0.713. The summed E-state index contributed by atoms with van der Waals surface area (Å²) in [6, 6.07) is -0.414. The molecule has 2 aromatic heterocycles. The number of hydrogen-bond donors (Lipinski definition) is 3. The Hall–Kier alpha value is -2.84. The number of rotatable bonds is 5. The number of anilines is 1. The van der Waals surface area contributed by atoms with Crippen LogP contribution in [0.2, 0.25) is 0 Å². The van der Waals surface area contributed by atoms with Crippen LogP contribution >= 0.6 is 0 Å². The van der Waals surface area contributed by atoms with Gasteiger partial charge in [-0.05, 0) is 0 Å². The lowest BCUT2D eigenvalue weighted by molar-refractivity contribution is -0.137. The maximum absolute atomic E-state index is 11.6. The number of carbonyl (C=O) groups excluding carboxylic acids is 1. The molecule has 0 aliphatic heterocycles. The summed E-state index contributed by atoms with van der Waals surface area (Å²) in [7, 11) is 1.83. The lowest BCUT2D eigenvalue weighted by atomic mass is 10.5. The molecular weight excluding hydrogens is 264 g/mol. The van der Waals surface area contributed by atoms with E-state index in [1.807, 2.05) is 7.05 Å². The summed E-state index contributed by atoms with van der Waals surface area (Å²) in [6.45, 7) is 0.0369. The number of aryl methyl sites for hydroxylation is 1. The molecule has 0 fully saturated rings. The number of carboxylic acids is 1. The number of nitrogens with zero attached hydrogens (tertiary/aromatic N) is 4. The Kier molecular flexibility index (Phi) is 3.99. The number of nitrogens with one attached hydrogen (secondary N) is 2. The van der Waals surface area contributed by atoms with E-state index in [0.29, 0.717) is 12.2 Å². The van der Waals surface area contributed by atoms with E-state index >= 15 is 0 Å². The Labute approximate surface area is 114 Å². The summed E-state index contributed by atoms with van der Waals surface area (Å²) in [5.74, 6) is -0.277. The molecule has 106 valence electrons. The zero-order chi connectivity index (χ0) is 14.5. The van der Waals surface area contributed by atoms with Crippen molar-refractivity contribution in [2.24, 2.45) is 7.05 Å². The number of carbonyl (C=O) groups is 2. The molecule has 2 amide bonds. The third kappa shape index (κ3) is 3.57. The molecule has 2 rings (SSSR count). The number of carboxylic acid groups (broad SMARTS) is 1. The van der Waals surface area contributed by atoms with Crippen molar-refractivity contribution in [2.75, 3.05) is 5.32 Å². The Bertz CT molecular complexity index is 617. The minimum absolute atomic E-state index is 0.253. The van der Waals surface area contributed by atoms with Crippen molar-refractivity contribution in [3.05, 3.63) is 30.6 Å². The molecule has 0 atom stereocenters. The number of imidazole rings is 1. The first-order valence-corrected chi connectivity index (χ1v) is 5.80. The SMILES string of the molecule is Cn1ccnc1CNC(=O)Nc1cnn(CC(=O)O)c1. The molecule has 20 heavy (non-hydrogen) atoms. The van der Waals surface area contributed by atoms with Crippen molar-refractivity contribution in [3.8, 4) is 0 Å². The van der Waals surface area contributed by atoms with Crippen molar-refractivity contribution in [3.63, 3.8) is 0 Å². The van der Waals surface area contributed by atoms with E-state index in [9.17, 15) is 9.59 Å². The molecule has 0 bridgehead atoms. The van der Waals surface area contributed by atoms with Crippen LogP contribution in [0.15, 0.2) is 24.8 Å². The molecular formula is C11H14N6O3. The number of aliphatic carboxylic acids is 1. The van der Waals surface area contributed by atoms with Crippen LogP contribution in [0.25, 0.3) is 0 Å². The van der Waals surface area contributed by atoms with Gasteiger partial charge in [-0.3, -0.25) is 9.48 Å². The number of hydrogen-bond acceptors (Lipinski definition) is 4. The molecule has 0 saturated heterocycles. The van der Waals surface area contributed by atoms with Crippen molar-refractivity contribution in [2.45, 2.75) is 13.1 Å². The zero-order valence-corrected chi connectivity index (χ0v) is 10.8. The van der Waals surface area contributed by atoms with Gasteiger partial charge in [-0.15, -0.1) is 0 Å². The summed E-state index contributed by atoms with van der Waals surface area (Å²) in [5.41, 5.74) is 0.420. The fourth-order valence-corrected chi connectivity index (χ4v) is 1.55. The van der Waals surface area contributed by atoms with E-state index in [0.717, 1.165) is 5.82 Å². The summed E-state index contributed by atoms with van der Waals surface area (Å²) >= 11 is 0. The maximum Gasteiger partial charge on any atom is 0.325 e. The van der Waals surface area contributed by atoms with Crippen LogP contribution in [-0.4, -0.2) is 36.4 Å². The molecule has 9 nitrogen and oxygen atoms in total. The van der Waals surface area contributed by atoms with Crippen LogP contribution in [0.1, 0.15) is 5.82 Å². The minimum Gasteiger partial charge on any atom is -0.480 e. The Balaban J connectivity index is 1.84. The number of urea groups is 1. The van der Waals surface area contributed by atoms with Gasteiger partial charge in [0.05, 0.1) is 18.4 Å². The highest BCUT2D eigenvalue weighted by molar-refractivity contribution is 5.88. The van der Waals surface area contributed by atoms with Crippen LogP contribution in [0.4, 0.5) is 10.5 Å². The van der Waals surface area contributed by atoms with Gasteiger partial charge in [0.2, 0.25) is 0 Å². The lowest BCUT2D eigenvalue weighted by Crippen LogP contribution is -2.29. The highest BCUT2D eigenvalue weighted by Gasteiger charge is 2.07. The van der Waals surface area contributed by atoms with Gasteiger partial charge in [-0.2, -0.15) is 5.10 Å². The van der Waals surface area contributed by atoms with Gasteiger partial charge in [-0.25, -0.2) is 9.78 Å². The molecule has 0 unspecified atom stereocenters. The molecule has 0 aliphatic rings.